The van der Waals surface area contributed by atoms with Gasteiger partial charge in [0.05, 0.1) is 12.3 Å². The van der Waals surface area contributed by atoms with Gasteiger partial charge in [0.1, 0.15) is 5.75 Å². The second kappa shape index (κ2) is 7.84. The quantitative estimate of drug-likeness (QED) is 0.700. The molecule has 0 aliphatic carbocycles. The Morgan fingerprint density at radius 1 is 1.19 bits per heavy atom. The number of hydrogen-bond acceptors (Lipinski definition) is 4. The predicted molar refractivity (Wildman–Crippen MR) is 104 cm³/mol. The van der Waals surface area contributed by atoms with Gasteiger partial charge in [-0.2, -0.15) is 0 Å². The van der Waals surface area contributed by atoms with E-state index in [9.17, 15) is 9.59 Å². The molecule has 0 bridgehead atoms. The average molecular weight is 382 g/mol. The Hall–Kier alpha value is -1.79. The molecule has 0 spiro atoms. The first-order chi connectivity index (χ1) is 12.0. The lowest BCUT2D eigenvalue weighted by molar-refractivity contribution is -0.137. The molecular weight excluding hydrogens is 354 g/mol. The Bertz CT molecular complexity index is 673. The number of amides is 2. The SMILES string of the molecule is CCOc1cc(Cl)ccc1NC(=O)C(=O)NC1CC(C)(C)NC(C)(C)C1. The largest absolute Gasteiger partial charge is 0.492 e. The van der Waals surface area contributed by atoms with Gasteiger partial charge in [-0.3, -0.25) is 9.59 Å². The standard InChI is InChI=1S/C19H28ClN3O3/c1-6-26-15-9-12(20)7-8-14(15)22-17(25)16(24)21-13-10-18(2,3)23-19(4,5)11-13/h7-9,13,23H,6,10-11H2,1-5H3,(H,21,24)(H,22,25). The molecule has 0 unspecified atom stereocenters. The molecule has 1 fully saturated rings. The van der Waals surface area contributed by atoms with Crippen molar-refractivity contribution < 1.29 is 14.3 Å². The average Bonchev–Trinajstić information content (AvgIpc) is 2.46. The van der Waals surface area contributed by atoms with E-state index in [2.05, 4.69) is 43.6 Å². The van der Waals surface area contributed by atoms with Gasteiger partial charge in [-0.25, -0.2) is 0 Å². The van der Waals surface area contributed by atoms with Crippen molar-refractivity contribution in [3.8, 4) is 5.75 Å². The van der Waals surface area contributed by atoms with Crippen molar-refractivity contribution in [2.75, 3.05) is 11.9 Å². The highest BCUT2D eigenvalue weighted by Crippen LogP contribution is 2.29. The van der Waals surface area contributed by atoms with E-state index in [-0.39, 0.29) is 17.1 Å². The van der Waals surface area contributed by atoms with Gasteiger partial charge >= 0.3 is 11.8 Å². The monoisotopic (exact) mass is 381 g/mol. The van der Waals surface area contributed by atoms with Gasteiger partial charge in [0.15, 0.2) is 0 Å². The zero-order chi connectivity index (χ0) is 19.5. The van der Waals surface area contributed by atoms with Crippen LogP contribution in [-0.2, 0) is 9.59 Å². The molecule has 0 atom stereocenters. The number of ether oxygens (including phenoxy) is 1. The lowest BCUT2D eigenvalue weighted by atomic mass is 9.79. The van der Waals surface area contributed by atoms with Crippen LogP contribution in [0.5, 0.6) is 5.75 Å². The molecule has 0 radical (unpaired) electrons. The Morgan fingerprint density at radius 3 is 2.38 bits per heavy atom. The highest BCUT2D eigenvalue weighted by atomic mass is 35.5. The zero-order valence-electron chi connectivity index (χ0n) is 16.0. The Morgan fingerprint density at radius 2 is 1.81 bits per heavy atom. The Labute approximate surface area is 160 Å². The maximum absolute atomic E-state index is 12.4. The van der Waals surface area contributed by atoms with Crippen molar-refractivity contribution in [2.24, 2.45) is 0 Å². The number of carbonyl (C=O) groups excluding carboxylic acids is 2. The molecule has 3 N–H and O–H groups in total. The molecule has 7 heteroatoms. The van der Waals surface area contributed by atoms with Crippen molar-refractivity contribution >= 4 is 29.1 Å². The lowest BCUT2D eigenvalue weighted by Gasteiger charge is -2.46. The molecular formula is C19H28ClN3O3. The summed E-state index contributed by atoms with van der Waals surface area (Å²) in [6.45, 7) is 10.6. The van der Waals surface area contributed by atoms with Gasteiger partial charge in [0, 0.05) is 28.2 Å². The van der Waals surface area contributed by atoms with Crippen LogP contribution in [0, 0.1) is 0 Å². The topological polar surface area (TPSA) is 79.5 Å². The van der Waals surface area contributed by atoms with Crippen molar-refractivity contribution in [1.29, 1.82) is 0 Å². The molecule has 0 aromatic heterocycles. The van der Waals surface area contributed by atoms with Crippen LogP contribution < -0.4 is 20.7 Å². The Kier molecular flexibility index (Phi) is 6.19. The molecule has 144 valence electrons. The summed E-state index contributed by atoms with van der Waals surface area (Å²) in [5.74, 6) is -0.936. The number of carbonyl (C=O) groups is 2. The first-order valence-corrected chi connectivity index (χ1v) is 9.23. The van der Waals surface area contributed by atoms with Crippen LogP contribution in [-0.4, -0.2) is 35.5 Å². The minimum absolute atomic E-state index is 0.0731. The molecule has 6 nitrogen and oxygen atoms in total. The summed E-state index contributed by atoms with van der Waals surface area (Å²) < 4.78 is 5.46. The van der Waals surface area contributed by atoms with E-state index in [1.807, 2.05) is 6.92 Å². The first-order valence-electron chi connectivity index (χ1n) is 8.85. The second-order valence-corrected chi connectivity index (χ2v) is 8.44. The third-order valence-electron chi connectivity index (χ3n) is 4.22. The molecule has 26 heavy (non-hydrogen) atoms. The van der Waals surface area contributed by atoms with E-state index in [1.54, 1.807) is 18.2 Å². The van der Waals surface area contributed by atoms with E-state index in [0.29, 0.717) is 23.1 Å². The maximum atomic E-state index is 12.4. The van der Waals surface area contributed by atoms with Crippen molar-refractivity contribution in [2.45, 2.75) is 64.6 Å². The number of benzene rings is 1. The van der Waals surface area contributed by atoms with Gasteiger partial charge in [0.25, 0.3) is 0 Å². The van der Waals surface area contributed by atoms with Gasteiger partial charge in [0.2, 0.25) is 0 Å². The fourth-order valence-electron chi connectivity index (χ4n) is 3.73. The van der Waals surface area contributed by atoms with E-state index in [0.717, 1.165) is 12.8 Å². The van der Waals surface area contributed by atoms with Crippen LogP contribution in [0.4, 0.5) is 5.69 Å². The second-order valence-electron chi connectivity index (χ2n) is 8.00. The maximum Gasteiger partial charge on any atom is 0.313 e. The summed E-state index contributed by atoms with van der Waals surface area (Å²) >= 11 is 5.96. The zero-order valence-corrected chi connectivity index (χ0v) is 16.8. The van der Waals surface area contributed by atoms with Crippen molar-refractivity contribution in [1.82, 2.24) is 10.6 Å². The first kappa shape index (κ1) is 20.5. The van der Waals surface area contributed by atoms with E-state index < -0.39 is 11.8 Å². The summed E-state index contributed by atoms with van der Waals surface area (Å²) in [6.07, 6.45) is 1.50. The third-order valence-corrected chi connectivity index (χ3v) is 4.46. The van der Waals surface area contributed by atoms with Crippen molar-refractivity contribution in [3.05, 3.63) is 23.2 Å². The van der Waals surface area contributed by atoms with Gasteiger partial charge in [-0.05, 0) is 59.6 Å². The van der Waals surface area contributed by atoms with E-state index >= 15 is 0 Å². The molecule has 1 aromatic rings. The summed E-state index contributed by atoms with van der Waals surface area (Å²) in [6, 6.07) is 4.79. The lowest BCUT2D eigenvalue weighted by Crippen LogP contribution is -2.62. The highest BCUT2D eigenvalue weighted by molar-refractivity contribution is 6.40. The summed E-state index contributed by atoms with van der Waals surface area (Å²) in [5.41, 5.74) is 0.186. The molecule has 2 rings (SSSR count). The van der Waals surface area contributed by atoms with E-state index in [1.165, 1.54) is 0 Å². The molecule has 1 aliphatic rings. The molecule has 2 amide bonds. The minimum Gasteiger partial charge on any atom is -0.492 e. The van der Waals surface area contributed by atoms with Crippen LogP contribution in [0.3, 0.4) is 0 Å². The molecule has 1 saturated heterocycles. The molecule has 1 heterocycles. The van der Waals surface area contributed by atoms with Gasteiger partial charge < -0.3 is 20.7 Å². The highest BCUT2D eigenvalue weighted by Gasteiger charge is 2.38. The summed E-state index contributed by atoms with van der Waals surface area (Å²) in [7, 11) is 0. The summed E-state index contributed by atoms with van der Waals surface area (Å²) in [4.78, 5) is 24.7. The number of halogens is 1. The third kappa shape index (κ3) is 5.61. The smallest absolute Gasteiger partial charge is 0.313 e. The number of piperidine rings is 1. The number of anilines is 1. The minimum atomic E-state index is -0.720. The number of rotatable bonds is 4. The van der Waals surface area contributed by atoms with Crippen LogP contribution in [0.15, 0.2) is 18.2 Å². The fourth-order valence-corrected chi connectivity index (χ4v) is 3.89. The summed E-state index contributed by atoms with van der Waals surface area (Å²) in [5, 5.41) is 9.50. The molecule has 1 aromatic carbocycles. The van der Waals surface area contributed by atoms with Crippen LogP contribution in [0.2, 0.25) is 5.02 Å². The van der Waals surface area contributed by atoms with Gasteiger partial charge in [-0.1, -0.05) is 11.6 Å². The fraction of sp³-hybridized carbons (Fsp3) is 0.579. The van der Waals surface area contributed by atoms with Crippen LogP contribution >= 0.6 is 11.6 Å². The van der Waals surface area contributed by atoms with Crippen LogP contribution in [0.25, 0.3) is 0 Å². The van der Waals surface area contributed by atoms with Crippen LogP contribution in [0.1, 0.15) is 47.5 Å². The normalized spacial score (nSPS) is 18.8. The number of nitrogens with one attached hydrogen (secondary N) is 3. The Balaban J connectivity index is 2.03. The molecule has 0 saturated carbocycles. The van der Waals surface area contributed by atoms with Gasteiger partial charge in [-0.15, -0.1) is 0 Å². The van der Waals surface area contributed by atoms with Crippen molar-refractivity contribution in [3.63, 3.8) is 0 Å². The number of hydrogen-bond donors (Lipinski definition) is 3. The predicted octanol–water partition coefficient (Wildman–Crippen LogP) is 3.10. The molecule has 1 aliphatic heterocycles. The van der Waals surface area contributed by atoms with E-state index in [4.69, 9.17) is 16.3 Å².